The molecule has 1 aromatic heterocycles. The van der Waals surface area contributed by atoms with Crippen LogP contribution in [-0.4, -0.2) is 41.9 Å². The molecule has 1 N–H and O–H groups in total. The van der Waals surface area contributed by atoms with Crippen LogP contribution in [0.2, 0.25) is 5.02 Å². The summed E-state index contributed by atoms with van der Waals surface area (Å²) in [5.74, 6) is 1.06. The highest BCUT2D eigenvalue weighted by Gasteiger charge is 2.27. The average Bonchev–Trinajstić information content (AvgIpc) is 2.70. The third-order valence-electron chi connectivity index (χ3n) is 4.73. The number of carbonyl (C=O) groups excluding carboxylic acids is 2. The van der Waals surface area contributed by atoms with Crippen molar-refractivity contribution >= 4 is 29.2 Å². The molecule has 7 heteroatoms. The molecule has 0 atom stereocenters. The van der Waals surface area contributed by atoms with Gasteiger partial charge in [-0.1, -0.05) is 29.8 Å². The first-order valence-corrected chi connectivity index (χ1v) is 9.26. The van der Waals surface area contributed by atoms with Gasteiger partial charge in [0, 0.05) is 30.8 Å². The Bertz CT molecular complexity index is 802. The van der Waals surface area contributed by atoms with E-state index in [0.29, 0.717) is 43.2 Å². The summed E-state index contributed by atoms with van der Waals surface area (Å²) in [6, 6.07) is 10.9. The number of nitrogens with zero attached hydrogens (tertiary/aromatic N) is 2. The van der Waals surface area contributed by atoms with Crippen molar-refractivity contribution in [2.75, 3.05) is 25.5 Å². The van der Waals surface area contributed by atoms with Crippen molar-refractivity contribution in [3.8, 4) is 5.75 Å². The van der Waals surface area contributed by atoms with Crippen molar-refractivity contribution in [3.05, 3.63) is 53.2 Å². The SMILES string of the molecule is COc1ccccc1CC(=O)N1CCC(C(=O)Nc2ccc(Cl)cn2)CC1. The molecular weight excluding hydrogens is 366 g/mol. The van der Waals surface area contributed by atoms with Crippen LogP contribution in [0.15, 0.2) is 42.6 Å². The van der Waals surface area contributed by atoms with E-state index in [1.165, 1.54) is 6.20 Å². The van der Waals surface area contributed by atoms with Crippen LogP contribution < -0.4 is 10.1 Å². The number of para-hydroxylation sites is 1. The molecule has 6 nitrogen and oxygen atoms in total. The molecule has 0 radical (unpaired) electrons. The van der Waals surface area contributed by atoms with Gasteiger partial charge in [0.05, 0.1) is 18.6 Å². The fraction of sp³-hybridized carbons (Fsp3) is 0.350. The van der Waals surface area contributed by atoms with E-state index in [4.69, 9.17) is 16.3 Å². The second kappa shape index (κ2) is 8.86. The van der Waals surface area contributed by atoms with E-state index in [1.54, 1.807) is 19.2 Å². The molecule has 142 valence electrons. The minimum absolute atomic E-state index is 0.0535. The van der Waals surface area contributed by atoms with Gasteiger partial charge in [0.15, 0.2) is 0 Å². The molecule has 0 unspecified atom stereocenters. The summed E-state index contributed by atoms with van der Waals surface area (Å²) in [4.78, 5) is 30.9. The van der Waals surface area contributed by atoms with E-state index in [9.17, 15) is 9.59 Å². The highest BCUT2D eigenvalue weighted by atomic mass is 35.5. The minimum Gasteiger partial charge on any atom is -0.496 e. The number of hydrogen-bond acceptors (Lipinski definition) is 4. The monoisotopic (exact) mass is 387 g/mol. The Balaban J connectivity index is 1.51. The van der Waals surface area contributed by atoms with E-state index in [0.717, 1.165) is 11.3 Å². The van der Waals surface area contributed by atoms with Crippen LogP contribution in [0.5, 0.6) is 5.75 Å². The van der Waals surface area contributed by atoms with E-state index in [2.05, 4.69) is 10.3 Å². The van der Waals surface area contributed by atoms with Crippen molar-refractivity contribution in [3.63, 3.8) is 0 Å². The average molecular weight is 388 g/mol. The molecule has 1 aliphatic heterocycles. The van der Waals surface area contributed by atoms with Crippen molar-refractivity contribution in [2.24, 2.45) is 5.92 Å². The molecule has 3 rings (SSSR count). The fourth-order valence-electron chi connectivity index (χ4n) is 3.19. The lowest BCUT2D eigenvalue weighted by molar-refractivity contribution is -0.133. The lowest BCUT2D eigenvalue weighted by atomic mass is 9.95. The summed E-state index contributed by atoms with van der Waals surface area (Å²) in [5.41, 5.74) is 0.874. The molecular formula is C20H22ClN3O3. The van der Waals surface area contributed by atoms with Crippen LogP contribution in [0.3, 0.4) is 0 Å². The van der Waals surface area contributed by atoms with Crippen molar-refractivity contribution in [2.45, 2.75) is 19.3 Å². The lowest BCUT2D eigenvalue weighted by Crippen LogP contribution is -2.42. The van der Waals surface area contributed by atoms with Crippen LogP contribution in [0.4, 0.5) is 5.82 Å². The summed E-state index contributed by atoms with van der Waals surface area (Å²) in [5, 5.41) is 3.33. The second-order valence-electron chi connectivity index (χ2n) is 6.49. The number of piperidine rings is 1. The Hall–Kier alpha value is -2.60. The summed E-state index contributed by atoms with van der Waals surface area (Å²) >= 11 is 5.80. The maximum Gasteiger partial charge on any atom is 0.228 e. The first kappa shape index (κ1) is 19.2. The Kier molecular flexibility index (Phi) is 6.29. The summed E-state index contributed by atoms with van der Waals surface area (Å²) in [6.45, 7) is 1.14. The van der Waals surface area contributed by atoms with Gasteiger partial charge in [0.25, 0.3) is 0 Å². The Morgan fingerprint density at radius 1 is 1.22 bits per heavy atom. The molecule has 1 saturated heterocycles. The third kappa shape index (κ3) is 4.98. The molecule has 0 aliphatic carbocycles. The quantitative estimate of drug-likeness (QED) is 0.855. The van der Waals surface area contributed by atoms with Gasteiger partial charge in [0.1, 0.15) is 11.6 Å². The number of rotatable bonds is 5. The van der Waals surface area contributed by atoms with Crippen LogP contribution in [0.25, 0.3) is 0 Å². The molecule has 2 heterocycles. The van der Waals surface area contributed by atoms with Crippen LogP contribution in [-0.2, 0) is 16.0 Å². The molecule has 0 bridgehead atoms. The van der Waals surface area contributed by atoms with Crippen molar-refractivity contribution in [1.29, 1.82) is 0 Å². The zero-order chi connectivity index (χ0) is 19.2. The van der Waals surface area contributed by atoms with Gasteiger partial charge >= 0.3 is 0 Å². The summed E-state index contributed by atoms with van der Waals surface area (Å²) < 4.78 is 5.31. The zero-order valence-electron chi connectivity index (χ0n) is 15.2. The molecule has 0 spiro atoms. The molecule has 27 heavy (non-hydrogen) atoms. The van der Waals surface area contributed by atoms with Crippen molar-refractivity contribution < 1.29 is 14.3 Å². The number of methoxy groups -OCH3 is 1. The first-order chi connectivity index (χ1) is 13.1. The molecule has 1 aromatic carbocycles. The first-order valence-electron chi connectivity index (χ1n) is 8.89. The number of benzene rings is 1. The van der Waals surface area contributed by atoms with E-state index >= 15 is 0 Å². The molecule has 1 fully saturated rings. The number of nitrogens with one attached hydrogen (secondary N) is 1. The predicted octanol–water partition coefficient (Wildman–Crippen LogP) is 3.16. The minimum atomic E-state index is -0.127. The second-order valence-corrected chi connectivity index (χ2v) is 6.93. The number of carbonyl (C=O) groups is 2. The number of amides is 2. The number of aromatic nitrogens is 1. The van der Waals surface area contributed by atoms with Gasteiger partial charge in [0.2, 0.25) is 11.8 Å². The van der Waals surface area contributed by atoms with Crippen LogP contribution in [0.1, 0.15) is 18.4 Å². The fourth-order valence-corrected chi connectivity index (χ4v) is 3.30. The third-order valence-corrected chi connectivity index (χ3v) is 4.95. The van der Waals surface area contributed by atoms with E-state index < -0.39 is 0 Å². The molecule has 1 aliphatic rings. The predicted molar refractivity (Wildman–Crippen MR) is 104 cm³/mol. The lowest BCUT2D eigenvalue weighted by Gasteiger charge is -2.31. The zero-order valence-corrected chi connectivity index (χ0v) is 15.9. The maximum atomic E-state index is 12.6. The van der Waals surface area contributed by atoms with Crippen LogP contribution in [0, 0.1) is 5.92 Å². The Morgan fingerprint density at radius 3 is 2.63 bits per heavy atom. The molecule has 0 saturated carbocycles. The normalized spacial score (nSPS) is 14.7. The number of pyridine rings is 1. The highest BCUT2D eigenvalue weighted by molar-refractivity contribution is 6.30. The number of anilines is 1. The van der Waals surface area contributed by atoms with Gasteiger partial charge in [-0.15, -0.1) is 0 Å². The van der Waals surface area contributed by atoms with Gasteiger partial charge in [-0.05, 0) is 31.0 Å². The largest absolute Gasteiger partial charge is 0.496 e. The van der Waals surface area contributed by atoms with Gasteiger partial charge in [-0.2, -0.15) is 0 Å². The summed E-state index contributed by atoms with van der Waals surface area (Å²) in [7, 11) is 1.60. The standard InChI is InChI=1S/C20H22ClN3O3/c1-27-17-5-3-2-4-15(17)12-19(25)24-10-8-14(9-11-24)20(26)23-18-7-6-16(21)13-22-18/h2-7,13-14H,8-12H2,1H3,(H,22,23,26). The number of halogens is 1. The van der Waals surface area contributed by atoms with E-state index in [-0.39, 0.29) is 17.7 Å². The van der Waals surface area contributed by atoms with Gasteiger partial charge in [-0.25, -0.2) is 4.98 Å². The van der Waals surface area contributed by atoms with Crippen molar-refractivity contribution in [1.82, 2.24) is 9.88 Å². The molecule has 2 amide bonds. The number of hydrogen-bond donors (Lipinski definition) is 1. The molecule has 2 aromatic rings. The number of likely N-dealkylation sites (tertiary alicyclic amines) is 1. The highest BCUT2D eigenvalue weighted by Crippen LogP contribution is 2.22. The maximum absolute atomic E-state index is 12.6. The Morgan fingerprint density at radius 2 is 1.96 bits per heavy atom. The number of ether oxygens (including phenoxy) is 1. The smallest absolute Gasteiger partial charge is 0.228 e. The van der Waals surface area contributed by atoms with Crippen LogP contribution >= 0.6 is 11.6 Å². The summed E-state index contributed by atoms with van der Waals surface area (Å²) in [6.07, 6.45) is 3.07. The van der Waals surface area contributed by atoms with Gasteiger partial charge < -0.3 is 15.0 Å². The Labute approximate surface area is 163 Å². The topological polar surface area (TPSA) is 71.5 Å². The van der Waals surface area contributed by atoms with Gasteiger partial charge in [-0.3, -0.25) is 9.59 Å². The van der Waals surface area contributed by atoms with E-state index in [1.807, 2.05) is 29.2 Å².